The Morgan fingerprint density at radius 1 is 1.40 bits per heavy atom. The molecule has 20 heavy (non-hydrogen) atoms. The molecule has 108 valence electrons. The Bertz CT molecular complexity index is 601. The molecule has 1 fully saturated rings. The molecule has 0 aromatic heterocycles. The molecule has 1 aliphatic heterocycles. The molecule has 1 saturated heterocycles. The van der Waals surface area contributed by atoms with E-state index in [1.807, 2.05) is 13.0 Å². The summed E-state index contributed by atoms with van der Waals surface area (Å²) in [4.78, 5) is 0.135. The van der Waals surface area contributed by atoms with E-state index in [0.29, 0.717) is 18.8 Å². The van der Waals surface area contributed by atoms with Crippen molar-refractivity contribution in [3.63, 3.8) is 0 Å². The molecular formula is C14H18N2O3S. The summed E-state index contributed by atoms with van der Waals surface area (Å²) < 4.78 is 32.6. The zero-order valence-corrected chi connectivity index (χ0v) is 12.2. The number of nitrogens with zero attached hydrogens (tertiary/aromatic N) is 1. The summed E-state index contributed by atoms with van der Waals surface area (Å²) in [5, 5.41) is 8.83. The lowest BCUT2D eigenvalue weighted by molar-refractivity contribution is 0.0585. The fourth-order valence-electron chi connectivity index (χ4n) is 2.36. The highest BCUT2D eigenvalue weighted by Crippen LogP contribution is 2.20. The van der Waals surface area contributed by atoms with Crippen molar-refractivity contribution in [3.05, 3.63) is 29.8 Å². The molecule has 0 amide bonds. The first-order chi connectivity index (χ1) is 9.53. The van der Waals surface area contributed by atoms with Gasteiger partial charge in [-0.05, 0) is 43.9 Å². The second-order valence-corrected chi connectivity index (χ2v) is 6.71. The monoisotopic (exact) mass is 294 g/mol. The van der Waals surface area contributed by atoms with Crippen molar-refractivity contribution in [1.29, 1.82) is 5.26 Å². The van der Waals surface area contributed by atoms with Gasteiger partial charge in [-0.1, -0.05) is 6.07 Å². The second kappa shape index (κ2) is 6.35. The predicted octanol–water partition coefficient (Wildman–Crippen LogP) is 1.65. The van der Waals surface area contributed by atoms with Crippen LogP contribution in [0.3, 0.4) is 0 Å². The van der Waals surface area contributed by atoms with Gasteiger partial charge < -0.3 is 4.74 Å². The number of ether oxygens (including phenoxy) is 1. The highest BCUT2D eigenvalue weighted by Gasteiger charge is 2.25. The van der Waals surface area contributed by atoms with Gasteiger partial charge in [-0.2, -0.15) is 5.26 Å². The van der Waals surface area contributed by atoms with E-state index in [1.165, 1.54) is 12.1 Å². The lowest BCUT2D eigenvalue weighted by Crippen LogP contribution is -2.40. The van der Waals surface area contributed by atoms with Crippen LogP contribution in [0.2, 0.25) is 0 Å². The molecule has 1 unspecified atom stereocenters. The van der Waals surface area contributed by atoms with Crippen LogP contribution in [0.15, 0.2) is 29.2 Å². The highest BCUT2D eigenvalue weighted by atomic mass is 32.2. The van der Waals surface area contributed by atoms with Crippen LogP contribution in [0.5, 0.6) is 0 Å². The molecule has 0 radical (unpaired) electrons. The highest BCUT2D eigenvalue weighted by molar-refractivity contribution is 7.89. The van der Waals surface area contributed by atoms with Crippen LogP contribution in [0, 0.1) is 17.2 Å². The number of hydrogen-bond acceptors (Lipinski definition) is 4. The topological polar surface area (TPSA) is 79.2 Å². The van der Waals surface area contributed by atoms with E-state index in [-0.39, 0.29) is 16.9 Å². The molecule has 1 heterocycles. The maximum atomic E-state index is 12.3. The first-order valence-corrected chi connectivity index (χ1v) is 8.11. The number of hydrogen-bond donors (Lipinski definition) is 1. The summed E-state index contributed by atoms with van der Waals surface area (Å²) in [6.07, 6.45) is 1.73. The van der Waals surface area contributed by atoms with Gasteiger partial charge in [0, 0.05) is 19.3 Å². The first-order valence-electron chi connectivity index (χ1n) is 6.63. The Morgan fingerprint density at radius 3 is 2.75 bits per heavy atom. The molecule has 0 bridgehead atoms. The van der Waals surface area contributed by atoms with Crippen molar-refractivity contribution in [2.45, 2.75) is 30.7 Å². The number of rotatable bonds is 4. The third-order valence-corrected chi connectivity index (χ3v) is 5.14. The summed E-state index contributed by atoms with van der Waals surface area (Å²) in [6.45, 7) is 3.24. The van der Waals surface area contributed by atoms with Crippen LogP contribution >= 0.6 is 0 Å². The average Bonchev–Trinajstić information content (AvgIpc) is 2.48. The van der Waals surface area contributed by atoms with Gasteiger partial charge in [-0.15, -0.1) is 0 Å². The fourth-order valence-corrected chi connectivity index (χ4v) is 3.72. The third-order valence-electron chi connectivity index (χ3n) is 3.59. The quantitative estimate of drug-likeness (QED) is 0.915. The lowest BCUT2D eigenvalue weighted by atomic mass is 9.94. The van der Waals surface area contributed by atoms with Gasteiger partial charge in [0.1, 0.15) is 0 Å². The van der Waals surface area contributed by atoms with Crippen molar-refractivity contribution in [2.24, 2.45) is 5.92 Å². The minimum atomic E-state index is -3.58. The Labute approximate surface area is 119 Å². The minimum Gasteiger partial charge on any atom is -0.381 e. The Kier molecular flexibility index (Phi) is 4.76. The molecule has 5 nitrogen and oxygen atoms in total. The van der Waals surface area contributed by atoms with Crippen LogP contribution in [-0.4, -0.2) is 27.7 Å². The standard InChI is InChI=1S/C14H18N2O3S/c1-11(13-5-7-19-8-6-13)16-20(17,18)14-4-2-3-12(9-14)10-15/h2-4,9,11,13,16H,5-8H2,1H3. The fraction of sp³-hybridized carbons (Fsp3) is 0.500. The average molecular weight is 294 g/mol. The summed E-state index contributed by atoms with van der Waals surface area (Å²) in [7, 11) is -3.58. The van der Waals surface area contributed by atoms with E-state index < -0.39 is 10.0 Å². The summed E-state index contributed by atoms with van der Waals surface area (Å²) >= 11 is 0. The van der Waals surface area contributed by atoms with Gasteiger partial charge in [0.2, 0.25) is 10.0 Å². The summed E-state index contributed by atoms with van der Waals surface area (Å²) in [5.41, 5.74) is 0.339. The van der Waals surface area contributed by atoms with Crippen molar-refractivity contribution in [2.75, 3.05) is 13.2 Å². The minimum absolute atomic E-state index is 0.135. The van der Waals surface area contributed by atoms with Crippen LogP contribution in [0.1, 0.15) is 25.3 Å². The van der Waals surface area contributed by atoms with E-state index in [4.69, 9.17) is 10.00 Å². The van der Waals surface area contributed by atoms with Gasteiger partial charge >= 0.3 is 0 Å². The van der Waals surface area contributed by atoms with E-state index >= 15 is 0 Å². The molecule has 1 aromatic rings. The Hall–Kier alpha value is -1.42. The molecule has 0 saturated carbocycles. The van der Waals surface area contributed by atoms with E-state index in [2.05, 4.69) is 4.72 Å². The van der Waals surface area contributed by atoms with E-state index in [9.17, 15) is 8.42 Å². The molecule has 1 atom stereocenters. The van der Waals surface area contributed by atoms with Gasteiger partial charge in [-0.3, -0.25) is 0 Å². The van der Waals surface area contributed by atoms with Crippen LogP contribution < -0.4 is 4.72 Å². The Balaban J connectivity index is 2.12. The molecule has 2 rings (SSSR count). The summed E-state index contributed by atoms with van der Waals surface area (Å²) in [5.74, 6) is 0.290. The number of sulfonamides is 1. The number of benzene rings is 1. The maximum Gasteiger partial charge on any atom is 0.240 e. The number of nitriles is 1. The predicted molar refractivity (Wildman–Crippen MR) is 74.5 cm³/mol. The van der Waals surface area contributed by atoms with Crippen LogP contribution in [-0.2, 0) is 14.8 Å². The van der Waals surface area contributed by atoms with Gasteiger partial charge in [0.25, 0.3) is 0 Å². The van der Waals surface area contributed by atoms with Crippen LogP contribution in [0.4, 0.5) is 0 Å². The number of nitrogens with one attached hydrogen (secondary N) is 1. The molecule has 0 spiro atoms. The van der Waals surface area contributed by atoms with E-state index in [0.717, 1.165) is 12.8 Å². The van der Waals surface area contributed by atoms with E-state index in [1.54, 1.807) is 12.1 Å². The summed E-state index contributed by atoms with van der Waals surface area (Å²) in [6, 6.07) is 7.85. The van der Waals surface area contributed by atoms with Crippen LogP contribution in [0.25, 0.3) is 0 Å². The zero-order chi connectivity index (χ0) is 14.6. The van der Waals surface area contributed by atoms with Crippen molar-refractivity contribution >= 4 is 10.0 Å². The first kappa shape index (κ1) is 15.0. The van der Waals surface area contributed by atoms with Crippen molar-refractivity contribution < 1.29 is 13.2 Å². The molecule has 1 aliphatic rings. The smallest absolute Gasteiger partial charge is 0.240 e. The molecule has 1 aromatic carbocycles. The van der Waals surface area contributed by atoms with Gasteiger partial charge in [-0.25, -0.2) is 13.1 Å². The molecule has 6 heteroatoms. The third kappa shape index (κ3) is 3.57. The Morgan fingerprint density at radius 2 is 2.10 bits per heavy atom. The molecule has 1 N–H and O–H groups in total. The van der Waals surface area contributed by atoms with Crippen molar-refractivity contribution in [1.82, 2.24) is 4.72 Å². The zero-order valence-electron chi connectivity index (χ0n) is 11.4. The maximum absolute atomic E-state index is 12.3. The molecular weight excluding hydrogens is 276 g/mol. The second-order valence-electron chi connectivity index (χ2n) is 5.00. The van der Waals surface area contributed by atoms with Gasteiger partial charge in [0.05, 0.1) is 16.5 Å². The van der Waals surface area contributed by atoms with Crippen molar-refractivity contribution in [3.8, 4) is 6.07 Å². The molecule has 0 aliphatic carbocycles. The SMILES string of the molecule is CC(NS(=O)(=O)c1cccc(C#N)c1)C1CCOCC1. The largest absolute Gasteiger partial charge is 0.381 e. The lowest BCUT2D eigenvalue weighted by Gasteiger charge is -2.28. The van der Waals surface area contributed by atoms with Gasteiger partial charge in [0.15, 0.2) is 0 Å². The normalized spacial score (nSPS) is 18.4.